The maximum absolute atomic E-state index is 12.5. The van der Waals surface area contributed by atoms with Crippen LogP contribution < -0.4 is 5.32 Å². The number of nitrogens with zero attached hydrogens (tertiary/aromatic N) is 1. The van der Waals surface area contributed by atoms with Gasteiger partial charge in [0.25, 0.3) is 0 Å². The molecule has 1 unspecified atom stereocenters. The van der Waals surface area contributed by atoms with Crippen LogP contribution in [0.3, 0.4) is 0 Å². The average Bonchev–Trinajstić information content (AvgIpc) is 3.33. The molecule has 2 aliphatic carbocycles. The van der Waals surface area contributed by atoms with E-state index in [4.69, 9.17) is 0 Å². The van der Waals surface area contributed by atoms with Crippen molar-refractivity contribution in [2.24, 2.45) is 23.2 Å². The number of carbonyl (C=O) groups excluding carboxylic acids is 1. The average molecular weight is 294 g/mol. The van der Waals surface area contributed by atoms with Gasteiger partial charge in [0.1, 0.15) is 0 Å². The van der Waals surface area contributed by atoms with Gasteiger partial charge in [-0.1, -0.05) is 13.8 Å². The lowest BCUT2D eigenvalue weighted by atomic mass is 9.76. The lowest BCUT2D eigenvalue weighted by molar-refractivity contribution is -0.150. The molecule has 2 N–H and O–H groups in total. The van der Waals surface area contributed by atoms with Crippen LogP contribution in [0.1, 0.15) is 46.0 Å². The number of nitrogens with one attached hydrogen (secondary N) is 1. The van der Waals surface area contributed by atoms with E-state index >= 15 is 0 Å². The Morgan fingerprint density at radius 3 is 2.14 bits per heavy atom. The molecule has 118 valence electrons. The first-order valence-electron chi connectivity index (χ1n) is 8.23. The Labute approximate surface area is 126 Å². The number of hydrogen-bond donors (Lipinski definition) is 2. The van der Waals surface area contributed by atoms with E-state index in [1.165, 1.54) is 25.7 Å². The molecule has 0 aromatic carbocycles. The quantitative estimate of drug-likeness (QED) is 0.817. The molecule has 3 fully saturated rings. The first-order chi connectivity index (χ1) is 9.94. The number of amides is 2. The Kier molecular flexibility index (Phi) is 3.62. The van der Waals surface area contributed by atoms with E-state index in [1.807, 2.05) is 13.8 Å². The van der Waals surface area contributed by atoms with E-state index in [0.717, 1.165) is 0 Å². The second-order valence-electron chi connectivity index (χ2n) is 7.44. The number of rotatable bonds is 5. The Morgan fingerprint density at radius 2 is 1.76 bits per heavy atom. The van der Waals surface area contributed by atoms with Crippen molar-refractivity contribution in [1.82, 2.24) is 10.2 Å². The standard InChI is InChI=1S/C16H26N2O3/c1-10(2)16(14(19)20)7-8-18(9-16)15(21)17-13(11-3-4-11)12-5-6-12/h10-13H,3-9H2,1-2H3,(H,17,21)(H,19,20). The highest BCUT2D eigenvalue weighted by molar-refractivity contribution is 5.80. The molecule has 0 radical (unpaired) electrons. The minimum absolute atomic E-state index is 0.0375. The van der Waals surface area contributed by atoms with Gasteiger partial charge in [-0.2, -0.15) is 0 Å². The van der Waals surface area contributed by atoms with Crippen LogP contribution in [0.4, 0.5) is 4.79 Å². The van der Waals surface area contributed by atoms with Gasteiger partial charge in [0.2, 0.25) is 0 Å². The SMILES string of the molecule is CC(C)C1(C(=O)O)CCN(C(=O)NC(C2CC2)C2CC2)C1. The highest BCUT2D eigenvalue weighted by Gasteiger charge is 2.49. The molecule has 3 rings (SSSR count). The van der Waals surface area contributed by atoms with Gasteiger partial charge in [-0.25, -0.2) is 4.79 Å². The van der Waals surface area contributed by atoms with E-state index in [-0.39, 0.29) is 11.9 Å². The minimum atomic E-state index is -0.772. The number of hydrogen-bond acceptors (Lipinski definition) is 2. The van der Waals surface area contributed by atoms with E-state index in [9.17, 15) is 14.7 Å². The molecule has 0 spiro atoms. The summed E-state index contributed by atoms with van der Waals surface area (Å²) in [7, 11) is 0. The summed E-state index contributed by atoms with van der Waals surface area (Å²) in [5.74, 6) is 0.598. The van der Waals surface area contributed by atoms with Gasteiger partial charge in [-0.15, -0.1) is 0 Å². The van der Waals surface area contributed by atoms with Crippen LogP contribution in [0.15, 0.2) is 0 Å². The van der Waals surface area contributed by atoms with Crippen LogP contribution in [0.2, 0.25) is 0 Å². The zero-order chi connectivity index (χ0) is 15.2. The highest BCUT2D eigenvalue weighted by Crippen LogP contribution is 2.45. The van der Waals surface area contributed by atoms with Gasteiger partial charge in [-0.3, -0.25) is 4.79 Å². The molecule has 1 aliphatic heterocycles. The number of carbonyl (C=O) groups is 2. The van der Waals surface area contributed by atoms with E-state index in [0.29, 0.717) is 37.4 Å². The predicted molar refractivity (Wildman–Crippen MR) is 78.9 cm³/mol. The number of urea groups is 1. The van der Waals surface area contributed by atoms with Crippen LogP contribution in [0.25, 0.3) is 0 Å². The van der Waals surface area contributed by atoms with E-state index in [2.05, 4.69) is 5.32 Å². The molecular formula is C16H26N2O3. The third-order valence-electron chi connectivity index (χ3n) is 5.67. The van der Waals surface area contributed by atoms with E-state index in [1.54, 1.807) is 4.90 Å². The summed E-state index contributed by atoms with van der Waals surface area (Å²) in [5, 5.41) is 12.7. The molecule has 1 saturated heterocycles. The maximum atomic E-state index is 12.5. The lowest BCUT2D eigenvalue weighted by Gasteiger charge is -2.29. The van der Waals surface area contributed by atoms with Gasteiger partial charge < -0.3 is 15.3 Å². The van der Waals surface area contributed by atoms with Crippen LogP contribution in [-0.2, 0) is 4.79 Å². The minimum Gasteiger partial charge on any atom is -0.481 e. The first-order valence-corrected chi connectivity index (χ1v) is 8.23. The zero-order valence-corrected chi connectivity index (χ0v) is 13.0. The van der Waals surface area contributed by atoms with Gasteiger partial charge in [0.05, 0.1) is 5.41 Å². The van der Waals surface area contributed by atoms with Gasteiger partial charge in [0, 0.05) is 19.1 Å². The summed E-state index contributed by atoms with van der Waals surface area (Å²) in [4.78, 5) is 25.8. The summed E-state index contributed by atoms with van der Waals surface area (Å²) in [6.07, 6.45) is 5.48. The van der Waals surface area contributed by atoms with Crippen molar-refractivity contribution in [3.63, 3.8) is 0 Å². The Balaban J connectivity index is 1.62. The topological polar surface area (TPSA) is 69.6 Å². The highest BCUT2D eigenvalue weighted by atomic mass is 16.4. The molecular weight excluding hydrogens is 268 g/mol. The fraction of sp³-hybridized carbons (Fsp3) is 0.875. The molecule has 2 amide bonds. The number of aliphatic carboxylic acids is 1. The third kappa shape index (κ3) is 2.74. The molecule has 0 aromatic rings. The predicted octanol–water partition coefficient (Wildman–Crippen LogP) is 2.32. The fourth-order valence-electron chi connectivity index (χ4n) is 3.66. The summed E-state index contributed by atoms with van der Waals surface area (Å²) < 4.78 is 0. The third-order valence-corrected chi connectivity index (χ3v) is 5.67. The first kappa shape index (κ1) is 14.7. The largest absolute Gasteiger partial charge is 0.481 e. The monoisotopic (exact) mass is 294 g/mol. The van der Waals surface area contributed by atoms with Crippen molar-refractivity contribution in [2.75, 3.05) is 13.1 Å². The molecule has 1 heterocycles. The second kappa shape index (κ2) is 5.18. The van der Waals surface area contributed by atoms with E-state index < -0.39 is 11.4 Å². The number of carboxylic acids is 1. The summed E-state index contributed by atoms with van der Waals surface area (Å²) in [5.41, 5.74) is -0.772. The molecule has 3 aliphatic rings. The van der Waals surface area contributed by atoms with Crippen molar-refractivity contribution >= 4 is 12.0 Å². The normalized spacial score (nSPS) is 29.2. The zero-order valence-electron chi connectivity index (χ0n) is 13.0. The maximum Gasteiger partial charge on any atom is 0.317 e. The second-order valence-corrected chi connectivity index (χ2v) is 7.44. The van der Waals surface area contributed by atoms with Crippen molar-refractivity contribution in [3.8, 4) is 0 Å². The van der Waals surface area contributed by atoms with Crippen LogP contribution >= 0.6 is 0 Å². The Morgan fingerprint density at radius 1 is 1.19 bits per heavy atom. The van der Waals surface area contributed by atoms with Crippen molar-refractivity contribution in [3.05, 3.63) is 0 Å². The molecule has 1 atom stereocenters. The van der Waals surface area contributed by atoms with Crippen LogP contribution in [0.5, 0.6) is 0 Å². The summed E-state index contributed by atoms with van der Waals surface area (Å²) in [6.45, 7) is 4.77. The van der Waals surface area contributed by atoms with Crippen molar-refractivity contribution in [2.45, 2.75) is 52.0 Å². The summed E-state index contributed by atoms with van der Waals surface area (Å²) >= 11 is 0. The molecule has 2 saturated carbocycles. The van der Waals surface area contributed by atoms with Gasteiger partial charge in [0.15, 0.2) is 0 Å². The van der Waals surface area contributed by atoms with Crippen molar-refractivity contribution < 1.29 is 14.7 Å². The number of likely N-dealkylation sites (tertiary alicyclic amines) is 1. The molecule has 0 aromatic heterocycles. The lowest BCUT2D eigenvalue weighted by Crippen LogP contribution is -2.47. The molecule has 5 heteroatoms. The van der Waals surface area contributed by atoms with Crippen LogP contribution in [0, 0.1) is 23.2 Å². The Hall–Kier alpha value is -1.26. The fourth-order valence-corrected chi connectivity index (χ4v) is 3.66. The molecule has 0 bridgehead atoms. The molecule has 5 nitrogen and oxygen atoms in total. The van der Waals surface area contributed by atoms with Gasteiger partial charge in [-0.05, 0) is 49.9 Å². The Bertz CT molecular complexity index is 431. The van der Waals surface area contributed by atoms with Crippen LogP contribution in [-0.4, -0.2) is 41.1 Å². The van der Waals surface area contributed by atoms with Gasteiger partial charge >= 0.3 is 12.0 Å². The van der Waals surface area contributed by atoms with Crippen molar-refractivity contribution in [1.29, 1.82) is 0 Å². The molecule has 21 heavy (non-hydrogen) atoms. The number of carboxylic acid groups (broad SMARTS) is 1. The smallest absolute Gasteiger partial charge is 0.317 e. The summed E-state index contributed by atoms with van der Waals surface area (Å²) in [6, 6.07) is 0.277.